The molecule has 7 nitrogen and oxygen atoms in total. The van der Waals surface area contributed by atoms with E-state index in [0.29, 0.717) is 35.8 Å². The van der Waals surface area contributed by atoms with E-state index in [-0.39, 0.29) is 18.2 Å². The van der Waals surface area contributed by atoms with Crippen LogP contribution in [-0.2, 0) is 16.0 Å². The number of anilines is 1. The summed E-state index contributed by atoms with van der Waals surface area (Å²) in [6.07, 6.45) is 2.41. The van der Waals surface area contributed by atoms with Crippen LogP contribution in [0.15, 0.2) is 60.3 Å². The van der Waals surface area contributed by atoms with Crippen LogP contribution in [0.2, 0.25) is 0 Å². The Morgan fingerprint density at radius 3 is 2.57 bits per heavy atom. The number of rotatable bonds is 7. The van der Waals surface area contributed by atoms with Gasteiger partial charge in [-0.05, 0) is 42.3 Å². The summed E-state index contributed by atoms with van der Waals surface area (Å²) >= 11 is 0. The molecule has 0 spiro atoms. The number of para-hydroxylation sites is 1. The average Bonchev–Trinajstić information content (AvgIpc) is 2.74. The molecule has 0 saturated carbocycles. The topological polar surface area (TPSA) is 79.9 Å². The molecule has 146 valence electrons. The number of methoxy groups -OCH3 is 2. The lowest BCUT2D eigenvalue weighted by Crippen LogP contribution is -2.49. The van der Waals surface area contributed by atoms with Gasteiger partial charge < -0.3 is 14.8 Å². The van der Waals surface area contributed by atoms with Crippen LogP contribution in [0.25, 0.3) is 0 Å². The molecule has 7 heteroatoms. The second-order valence-electron chi connectivity index (χ2n) is 6.19. The minimum Gasteiger partial charge on any atom is -0.493 e. The first-order valence-corrected chi connectivity index (χ1v) is 8.96. The fraction of sp³-hybridized carbons (Fsp3) is 0.238. The SMILES string of the molecule is COc1ccc(CCNC(=O)C2=CCC(=O)N(c3ccccc3)N2)cc1OC. The summed E-state index contributed by atoms with van der Waals surface area (Å²) in [6.45, 7) is 0.451. The van der Waals surface area contributed by atoms with Gasteiger partial charge in [-0.1, -0.05) is 24.3 Å². The van der Waals surface area contributed by atoms with Crippen molar-refractivity contribution in [3.05, 3.63) is 65.9 Å². The third-order valence-electron chi connectivity index (χ3n) is 4.37. The maximum absolute atomic E-state index is 12.5. The van der Waals surface area contributed by atoms with Crippen LogP contribution in [0.5, 0.6) is 11.5 Å². The summed E-state index contributed by atoms with van der Waals surface area (Å²) in [5, 5.41) is 4.27. The monoisotopic (exact) mass is 381 g/mol. The van der Waals surface area contributed by atoms with Crippen molar-refractivity contribution in [1.82, 2.24) is 10.7 Å². The van der Waals surface area contributed by atoms with Crippen LogP contribution < -0.4 is 25.2 Å². The van der Waals surface area contributed by atoms with Crippen molar-refractivity contribution >= 4 is 17.5 Å². The quantitative estimate of drug-likeness (QED) is 0.769. The summed E-state index contributed by atoms with van der Waals surface area (Å²) in [4.78, 5) is 24.6. The second-order valence-corrected chi connectivity index (χ2v) is 6.19. The van der Waals surface area contributed by atoms with Gasteiger partial charge in [0.1, 0.15) is 5.70 Å². The van der Waals surface area contributed by atoms with E-state index in [1.54, 1.807) is 20.3 Å². The van der Waals surface area contributed by atoms with E-state index < -0.39 is 0 Å². The molecule has 0 unspecified atom stereocenters. The van der Waals surface area contributed by atoms with E-state index in [1.165, 1.54) is 5.01 Å². The Morgan fingerprint density at radius 2 is 1.86 bits per heavy atom. The molecule has 28 heavy (non-hydrogen) atoms. The largest absolute Gasteiger partial charge is 0.493 e. The Morgan fingerprint density at radius 1 is 1.11 bits per heavy atom. The van der Waals surface area contributed by atoms with Crippen molar-refractivity contribution in [3.8, 4) is 11.5 Å². The number of hydrogen-bond donors (Lipinski definition) is 2. The van der Waals surface area contributed by atoms with Crippen LogP contribution in [-0.4, -0.2) is 32.6 Å². The lowest BCUT2D eigenvalue weighted by atomic mass is 10.1. The molecule has 0 radical (unpaired) electrons. The number of hydrogen-bond acceptors (Lipinski definition) is 5. The van der Waals surface area contributed by atoms with Gasteiger partial charge >= 0.3 is 0 Å². The van der Waals surface area contributed by atoms with Crippen molar-refractivity contribution in [2.45, 2.75) is 12.8 Å². The first kappa shape index (κ1) is 19.3. The molecular weight excluding hydrogens is 358 g/mol. The third-order valence-corrected chi connectivity index (χ3v) is 4.37. The smallest absolute Gasteiger partial charge is 0.268 e. The minimum atomic E-state index is -0.256. The normalized spacial score (nSPS) is 13.4. The molecule has 1 aliphatic heterocycles. The zero-order chi connectivity index (χ0) is 19.9. The number of nitrogens with zero attached hydrogens (tertiary/aromatic N) is 1. The van der Waals surface area contributed by atoms with Crippen molar-refractivity contribution in [1.29, 1.82) is 0 Å². The number of hydrazine groups is 1. The number of carbonyl (C=O) groups excluding carboxylic acids is 2. The average molecular weight is 381 g/mol. The zero-order valence-corrected chi connectivity index (χ0v) is 15.9. The van der Waals surface area contributed by atoms with Crippen LogP contribution in [0.3, 0.4) is 0 Å². The van der Waals surface area contributed by atoms with Gasteiger partial charge in [-0.3, -0.25) is 15.0 Å². The highest BCUT2D eigenvalue weighted by atomic mass is 16.5. The predicted molar refractivity (Wildman–Crippen MR) is 106 cm³/mol. The summed E-state index contributed by atoms with van der Waals surface area (Å²) in [7, 11) is 3.18. The van der Waals surface area contributed by atoms with Crippen molar-refractivity contribution in [3.63, 3.8) is 0 Å². The van der Waals surface area contributed by atoms with Crippen LogP contribution >= 0.6 is 0 Å². The number of carbonyl (C=O) groups is 2. The minimum absolute atomic E-state index is 0.118. The fourth-order valence-corrected chi connectivity index (χ4v) is 2.89. The Kier molecular flexibility index (Phi) is 6.16. The Hall–Kier alpha value is -3.48. The van der Waals surface area contributed by atoms with Gasteiger partial charge in [0.05, 0.1) is 19.9 Å². The molecule has 0 saturated heterocycles. The summed E-state index contributed by atoms with van der Waals surface area (Å²) in [5.41, 5.74) is 4.96. The van der Waals surface area contributed by atoms with Gasteiger partial charge in [-0.2, -0.15) is 0 Å². The molecule has 3 rings (SSSR count). The third kappa shape index (κ3) is 4.43. The van der Waals surface area contributed by atoms with Gasteiger partial charge in [-0.15, -0.1) is 0 Å². The molecule has 0 aromatic heterocycles. The highest BCUT2D eigenvalue weighted by molar-refractivity contribution is 6.01. The maximum atomic E-state index is 12.5. The van der Waals surface area contributed by atoms with Gasteiger partial charge in [0.25, 0.3) is 5.91 Å². The molecule has 0 bridgehead atoms. The first-order chi connectivity index (χ1) is 13.6. The van der Waals surface area contributed by atoms with Crippen molar-refractivity contribution in [2.75, 3.05) is 25.8 Å². The van der Waals surface area contributed by atoms with Gasteiger partial charge in [0.15, 0.2) is 11.5 Å². The first-order valence-electron chi connectivity index (χ1n) is 8.96. The summed E-state index contributed by atoms with van der Waals surface area (Å²) in [6, 6.07) is 14.8. The fourth-order valence-electron chi connectivity index (χ4n) is 2.89. The van der Waals surface area contributed by atoms with E-state index in [2.05, 4.69) is 10.7 Å². The lowest BCUT2D eigenvalue weighted by Gasteiger charge is -2.28. The lowest BCUT2D eigenvalue weighted by molar-refractivity contribution is -0.120. The molecule has 2 N–H and O–H groups in total. The van der Waals surface area contributed by atoms with E-state index in [9.17, 15) is 9.59 Å². The highest BCUT2D eigenvalue weighted by Crippen LogP contribution is 2.27. The Labute approximate surface area is 163 Å². The number of nitrogens with one attached hydrogen (secondary N) is 2. The van der Waals surface area contributed by atoms with Crippen LogP contribution in [0, 0.1) is 0 Å². The number of benzene rings is 2. The van der Waals surface area contributed by atoms with Crippen molar-refractivity contribution in [2.24, 2.45) is 0 Å². The molecule has 1 heterocycles. The Balaban J connectivity index is 1.57. The molecule has 2 amide bonds. The van der Waals surface area contributed by atoms with Gasteiger partial charge in [-0.25, -0.2) is 5.01 Å². The summed E-state index contributed by atoms with van der Waals surface area (Å²) < 4.78 is 10.5. The van der Waals surface area contributed by atoms with Gasteiger partial charge in [0, 0.05) is 13.0 Å². The Bertz CT molecular complexity index is 880. The molecule has 0 aliphatic carbocycles. The van der Waals surface area contributed by atoms with E-state index in [4.69, 9.17) is 9.47 Å². The van der Waals surface area contributed by atoms with Gasteiger partial charge in [0.2, 0.25) is 5.91 Å². The number of amides is 2. The maximum Gasteiger partial charge on any atom is 0.268 e. The highest BCUT2D eigenvalue weighted by Gasteiger charge is 2.23. The summed E-state index contributed by atoms with van der Waals surface area (Å²) in [5.74, 6) is 0.944. The van der Waals surface area contributed by atoms with Crippen molar-refractivity contribution < 1.29 is 19.1 Å². The number of ether oxygens (including phenoxy) is 2. The van der Waals surface area contributed by atoms with Crippen LogP contribution in [0.4, 0.5) is 5.69 Å². The molecular formula is C21H23N3O4. The predicted octanol–water partition coefficient (Wildman–Crippen LogP) is 2.19. The molecule has 2 aromatic carbocycles. The van der Waals surface area contributed by atoms with E-state index in [1.807, 2.05) is 48.5 Å². The zero-order valence-electron chi connectivity index (χ0n) is 15.9. The molecule has 1 aliphatic rings. The second kappa shape index (κ2) is 8.94. The van der Waals surface area contributed by atoms with E-state index in [0.717, 1.165) is 5.56 Å². The standard InChI is InChI=1S/C21H23N3O4/c1-27-18-10-8-15(14-19(18)28-2)12-13-22-21(26)17-9-11-20(25)24(23-17)16-6-4-3-5-7-16/h3-10,14,23H,11-13H2,1-2H3,(H,22,26). The van der Waals surface area contributed by atoms with E-state index >= 15 is 0 Å². The molecule has 0 fully saturated rings. The molecule has 2 aromatic rings. The van der Waals surface area contributed by atoms with Crippen LogP contribution in [0.1, 0.15) is 12.0 Å². The molecule has 0 atom stereocenters.